The third-order valence-electron chi connectivity index (χ3n) is 4.77. The normalized spacial score (nSPS) is 28.0. The van der Waals surface area contributed by atoms with Crippen molar-refractivity contribution in [3.05, 3.63) is 0 Å². The molecule has 1 aliphatic carbocycles. The average Bonchev–Trinajstić information content (AvgIpc) is 3.02. The Morgan fingerprint density at radius 1 is 1.30 bits per heavy atom. The molecule has 0 aromatic heterocycles. The van der Waals surface area contributed by atoms with Gasteiger partial charge in [-0.2, -0.15) is 0 Å². The van der Waals surface area contributed by atoms with Gasteiger partial charge in [0.15, 0.2) is 0 Å². The number of hydrogen-bond donors (Lipinski definition) is 1. The van der Waals surface area contributed by atoms with Gasteiger partial charge in [0.05, 0.1) is 12.2 Å². The van der Waals surface area contributed by atoms with Crippen molar-refractivity contribution in [1.29, 1.82) is 0 Å². The Labute approximate surface area is 123 Å². The number of carbonyl (C=O) groups excluding carboxylic acids is 1. The first-order chi connectivity index (χ1) is 9.63. The lowest BCUT2D eigenvalue weighted by Gasteiger charge is -2.29. The zero-order valence-corrected chi connectivity index (χ0v) is 13.4. The number of carbonyl (C=O) groups is 1. The van der Waals surface area contributed by atoms with Gasteiger partial charge in [0.1, 0.15) is 0 Å². The van der Waals surface area contributed by atoms with Crippen molar-refractivity contribution in [2.75, 3.05) is 27.2 Å². The number of unbranched alkanes of at least 4 members (excludes halogenated alkanes) is 1. The van der Waals surface area contributed by atoms with Gasteiger partial charge >= 0.3 is 0 Å². The third-order valence-corrected chi connectivity index (χ3v) is 4.77. The van der Waals surface area contributed by atoms with E-state index in [1.54, 1.807) is 0 Å². The summed E-state index contributed by atoms with van der Waals surface area (Å²) >= 11 is 0. The maximum Gasteiger partial charge on any atom is 0.241 e. The molecule has 0 aromatic carbocycles. The first kappa shape index (κ1) is 15.8. The summed E-state index contributed by atoms with van der Waals surface area (Å²) in [5.74, 6) is 1.02. The second-order valence-electron chi connectivity index (χ2n) is 6.69. The lowest BCUT2D eigenvalue weighted by Crippen LogP contribution is -2.45. The fourth-order valence-electron chi connectivity index (χ4n) is 3.54. The molecule has 2 rings (SSSR count). The Morgan fingerprint density at radius 3 is 2.60 bits per heavy atom. The van der Waals surface area contributed by atoms with Gasteiger partial charge in [-0.25, -0.2) is 0 Å². The van der Waals surface area contributed by atoms with E-state index >= 15 is 0 Å². The van der Waals surface area contributed by atoms with Crippen molar-refractivity contribution in [2.24, 2.45) is 5.92 Å². The molecule has 1 N–H and O–H groups in total. The molecule has 116 valence electrons. The molecule has 0 aromatic rings. The van der Waals surface area contributed by atoms with Gasteiger partial charge in [-0.05, 0) is 39.3 Å². The molecule has 4 heteroatoms. The van der Waals surface area contributed by atoms with Crippen LogP contribution >= 0.6 is 0 Å². The number of nitrogens with one attached hydrogen (secondary N) is 1. The highest BCUT2D eigenvalue weighted by Crippen LogP contribution is 2.32. The quantitative estimate of drug-likeness (QED) is 0.776. The summed E-state index contributed by atoms with van der Waals surface area (Å²) in [6.07, 6.45) is 8.83. The monoisotopic (exact) mass is 281 g/mol. The number of likely N-dealkylation sites (N-methyl/N-ethyl adjacent to an activating group) is 1. The molecule has 1 amide bonds. The van der Waals surface area contributed by atoms with E-state index in [0.717, 1.165) is 32.4 Å². The third kappa shape index (κ3) is 3.73. The van der Waals surface area contributed by atoms with E-state index in [1.165, 1.54) is 25.7 Å². The van der Waals surface area contributed by atoms with Crippen LogP contribution in [0.15, 0.2) is 0 Å². The van der Waals surface area contributed by atoms with Gasteiger partial charge in [-0.15, -0.1) is 0 Å². The van der Waals surface area contributed by atoms with Crippen LogP contribution in [-0.2, 0) is 4.79 Å². The predicted molar refractivity (Wildman–Crippen MR) is 82.5 cm³/mol. The molecule has 1 saturated carbocycles. The Hall–Kier alpha value is -0.610. The van der Waals surface area contributed by atoms with Crippen LogP contribution in [0, 0.1) is 5.92 Å². The van der Waals surface area contributed by atoms with Crippen molar-refractivity contribution in [3.8, 4) is 0 Å². The minimum atomic E-state index is 0.0720. The van der Waals surface area contributed by atoms with Crippen LogP contribution in [0.5, 0.6) is 0 Å². The van der Waals surface area contributed by atoms with E-state index in [2.05, 4.69) is 36.1 Å². The van der Waals surface area contributed by atoms with E-state index in [0.29, 0.717) is 18.0 Å². The number of hydrogen-bond acceptors (Lipinski definition) is 3. The van der Waals surface area contributed by atoms with Crippen LogP contribution in [-0.4, -0.2) is 55.1 Å². The molecule has 1 aliphatic heterocycles. The first-order valence-corrected chi connectivity index (χ1v) is 8.34. The highest BCUT2D eigenvalue weighted by atomic mass is 16.2. The van der Waals surface area contributed by atoms with Gasteiger partial charge in [0.2, 0.25) is 5.91 Å². The summed E-state index contributed by atoms with van der Waals surface area (Å²) < 4.78 is 0. The summed E-state index contributed by atoms with van der Waals surface area (Å²) in [5.41, 5.74) is 0. The Morgan fingerprint density at radius 2 is 2.00 bits per heavy atom. The van der Waals surface area contributed by atoms with Crippen molar-refractivity contribution < 1.29 is 4.79 Å². The molecule has 20 heavy (non-hydrogen) atoms. The van der Waals surface area contributed by atoms with Crippen LogP contribution in [0.1, 0.15) is 51.9 Å². The van der Waals surface area contributed by atoms with Gasteiger partial charge in [0.25, 0.3) is 0 Å². The predicted octanol–water partition coefficient (Wildman–Crippen LogP) is 2.05. The first-order valence-electron chi connectivity index (χ1n) is 8.34. The van der Waals surface area contributed by atoms with E-state index < -0.39 is 0 Å². The van der Waals surface area contributed by atoms with E-state index in [-0.39, 0.29) is 6.04 Å². The molecular formula is C16H31N3O. The van der Waals surface area contributed by atoms with Crippen molar-refractivity contribution >= 4 is 5.91 Å². The minimum Gasteiger partial charge on any atom is -0.324 e. The van der Waals surface area contributed by atoms with Crippen LogP contribution in [0.3, 0.4) is 0 Å². The maximum atomic E-state index is 12.6. The van der Waals surface area contributed by atoms with Crippen LogP contribution in [0.4, 0.5) is 0 Å². The molecule has 2 unspecified atom stereocenters. The molecule has 1 heterocycles. The topological polar surface area (TPSA) is 35.6 Å². The summed E-state index contributed by atoms with van der Waals surface area (Å²) in [5, 5.41) is 3.65. The van der Waals surface area contributed by atoms with Gasteiger partial charge in [-0.1, -0.05) is 32.6 Å². The molecule has 2 atom stereocenters. The summed E-state index contributed by atoms with van der Waals surface area (Å²) in [6.45, 7) is 4.01. The molecular weight excluding hydrogens is 250 g/mol. The molecule has 0 bridgehead atoms. The fraction of sp³-hybridized carbons (Fsp3) is 0.938. The SMILES string of the molecule is CCCCC1NC(C2CCCC2)N(CCN(C)C)C1=O. The van der Waals surface area contributed by atoms with Gasteiger partial charge in [-0.3, -0.25) is 10.1 Å². The Kier molecular flexibility index (Phi) is 5.85. The lowest BCUT2D eigenvalue weighted by molar-refractivity contribution is -0.130. The molecule has 1 saturated heterocycles. The number of nitrogens with zero attached hydrogens (tertiary/aromatic N) is 2. The summed E-state index contributed by atoms with van der Waals surface area (Å²) in [7, 11) is 4.15. The minimum absolute atomic E-state index is 0.0720. The van der Waals surface area contributed by atoms with Crippen LogP contribution in [0.25, 0.3) is 0 Å². The van der Waals surface area contributed by atoms with Crippen molar-refractivity contribution in [3.63, 3.8) is 0 Å². The van der Waals surface area contributed by atoms with Gasteiger partial charge < -0.3 is 9.80 Å². The summed E-state index contributed by atoms with van der Waals surface area (Å²) in [4.78, 5) is 16.9. The Balaban J connectivity index is 1.99. The van der Waals surface area contributed by atoms with E-state index in [1.807, 2.05) is 0 Å². The van der Waals surface area contributed by atoms with Crippen molar-refractivity contribution in [2.45, 2.75) is 64.1 Å². The zero-order chi connectivity index (χ0) is 14.5. The highest BCUT2D eigenvalue weighted by molar-refractivity contribution is 5.84. The average molecular weight is 281 g/mol. The summed E-state index contributed by atoms with van der Waals surface area (Å²) in [6, 6.07) is 0.0720. The smallest absolute Gasteiger partial charge is 0.241 e. The lowest BCUT2D eigenvalue weighted by atomic mass is 10.0. The second-order valence-corrected chi connectivity index (χ2v) is 6.69. The number of rotatable bonds is 7. The highest BCUT2D eigenvalue weighted by Gasteiger charge is 2.42. The molecule has 0 radical (unpaired) electrons. The van der Waals surface area contributed by atoms with Crippen LogP contribution < -0.4 is 5.32 Å². The van der Waals surface area contributed by atoms with E-state index in [4.69, 9.17) is 0 Å². The Bertz CT molecular complexity index is 313. The molecule has 2 fully saturated rings. The number of amides is 1. The van der Waals surface area contributed by atoms with Crippen molar-refractivity contribution in [1.82, 2.24) is 15.1 Å². The molecule has 0 spiro atoms. The second kappa shape index (κ2) is 7.41. The van der Waals surface area contributed by atoms with E-state index in [9.17, 15) is 4.79 Å². The zero-order valence-electron chi connectivity index (χ0n) is 13.4. The molecule has 2 aliphatic rings. The standard InChI is InChI=1S/C16H31N3O/c1-4-5-10-14-16(20)19(12-11-18(2)3)15(17-14)13-8-6-7-9-13/h13-15,17H,4-12H2,1-3H3. The fourth-order valence-corrected chi connectivity index (χ4v) is 3.54. The maximum absolute atomic E-state index is 12.6. The largest absolute Gasteiger partial charge is 0.324 e. The van der Waals surface area contributed by atoms with Crippen LogP contribution in [0.2, 0.25) is 0 Å². The molecule has 4 nitrogen and oxygen atoms in total. The van der Waals surface area contributed by atoms with Gasteiger partial charge in [0, 0.05) is 13.1 Å².